The third-order valence-corrected chi connectivity index (χ3v) is 4.19. The first kappa shape index (κ1) is 15.0. The molecule has 3 heteroatoms. The zero-order valence-electron chi connectivity index (χ0n) is 12.6. The van der Waals surface area contributed by atoms with Gasteiger partial charge in [0.05, 0.1) is 0 Å². The number of carbonyl (C=O) groups is 1. The normalized spacial score (nSPS) is 22.8. The average molecular weight is 274 g/mol. The van der Waals surface area contributed by atoms with Gasteiger partial charge in [0.25, 0.3) is 0 Å². The van der Waals surface area contributed by atoms with Gasteiger partial charge in [-0.3, -0.25) is 4.79 Å². The molecule has 0 aromatic heterocycles. The van der Waals surface area contributed by atoms with Crippen LogP contribution in [-0.4, -0.2) is 36.5 Å². The Labute approximate surface area is 122 Å². The highest BCUT2D eigenvalue weighted by molar-refractivity contribution is 5.76. The summed E-state index contributed by atoms with van der Waals surface area (Å²) in [6, 6.07) is 10.8. The van der Waals surface area contributed by atoms with Crippen LogP contribution in [0.15, 0.2) is 30.3 Å². The van der Waals surface area contributed by atoms with Crippen LogP contribution in [0.4, 0.5) is 0 Å². The van der Waals surface area contributed by atoms with Crippen LogP contribution >= 0.6 is 0 Å². The Morgan fingerprint density at radius 1 is 1.35 bits per heavy atom. The van der Waals surface area contributed by atoms with Crippen LogP contribution in [0.2, 0.25) is 0 Å². The molecular weight excluding hydrogens is 248 g/mol. The molecule has 110 valence electrons. The molecular formula is C17H26N2O. The van der Waals surface area contributed by atoms with E-state index >= 15 is 0 Å². The van der Waals surface area contributed by atoms with Crippen molar-refractivity contribution in [2.24, 2.45) is 5.92 Å². The average Bonchev–Trinajstić information content (AvgIpc) is 2.48. The Balaban J connectivity index is 1.79. The highest BCUT2D eigenvalue weighted by Gasteiger charge is 2.27. The van der Waals surface area contributed by atoms with Crippen LogP contribution in [0.25, 0.3) is 0 Å². The molecule has 3 nitrogen and oxygen atoms in total. The molecule has 2 rings (SSSR count). The summed E-state index contributed by atoms with van der Waals surface area (Å²) in [5.41, 5.74) is 1.25. The van der Waals surface area contributed by atoms with Gasteiger partial charge in [0.15, 0.2) is 0 Å². The van der Waals surface area contributed by atoms with Crippen LogP contribution in [0.1, 0.15) is 32.3 Å². The molecule has 1 aromatic carbocycles. The molecule has 1 fully saturated rings. The van der Waals surface area contributed by atoms with Crippen LogP contribution < -0.4 is 5.32 Å². The lowest BCUT2D eigenvalue weighted by Gasteiger charge is -2.37. The number of amides is 1. The summed E-state index contributed by atoms with van der Waals surface area (Å²) in [4.78, 5) is 14.3. The molecule has 1 N–H and O–H groups in total. The number of nitrogens with one attached hydrogen (secondary N) is 1. The molecule has 0 spiro atoms. The fraction of sp³-hybridized carbons (Fsp3) is 0.588. The van der Waals surface area contributed by atoms with Crippen molar-refractivity contribution < 1.29 is 4.79 Å². The summed E-state index contributed by atoms with van der Waals surface area (Å²) >= 11 is 0. The lowest BCUT2D eigenvalue weighted by Crippen LogP contribution is -2.50. The van der Waals surface area contributed by atoms with E-state index in [0.29, 0.717) is 24.3 Å². The maximum atomic E-state index is 12.3. The molecule has 0 radical (unpaired) electrons. The van der Waals surface area contributed by atoms with Gasteiger partial charge in [0, 0.05) is 25.6 Å². The molecule has 0 aliphatic carbocycles. The second-order valence-electron chi connectivity index (χ2n) is 5.76. The maximum absolute atomic E-state index is 12.3. The predicted octanol–water partition coefficient (Wildman–Crippen LogP) is 2.47. The van der Waals surface area contributed by atoms with Crippen molar-refractivity contribution in [2.45, 2.75) is 39.2 Å². The Kier molecular flexibility index (Phi) is 5.60. The Morgan fingerprint density at radius 2 is 2.10 bits per heavy atom. The fourth-order valence-corrected chi connectivity index (χ4v) is 2.99. The van der Waals surface area contributed by atoms with Crippen molar-refractivity contribution >= 4 is 5.91 Å². The Bertz CT molecular complexity index is 418. The van der Waals surface area contributed by atoms with Crippen LogP contribution in [0.3, 0.4) is 0 Å². The van der Waals surface area contributed by atoms with E-state index in [0.717, 1.165) is 32.5 Å². The summed E-state index contributed by atoms with van der Waals surface area (Å²) in [5.74, 6) is 0.847. The van der Waals surface area contributed by atoms with E-state index in [1.165, 1.54) is 5.56 Å². The van der Waals surface area contributed by atoms with Crippen LogP contribution in [0, 0.1) is 5.92 Å². The van der Waals surface area contributed by atoms with E-state index in [4.69, 9.17) is 0 Å². The molecule has 1 heterocycles. The third-order valence-electron chi connectivity index (χ3n) is 4.19. The van der Waals surface area contributed by atoms with E-state index in [1.54, 1.807) is 0 Å². The summed E-state index contributed by atoms with van der Waals surface area (Å²) in [6.45, 7) is 7.19. The largest absolute Gasteiger partial charge is 0.342 e. The molecule has 20 heavy (non-hydrogen) atoms. The van der Waals surface area contributed by atoms with Crippen molar-refractivity contribution in [3.63, 3.8) is 0 Å². The SMILES string of the molecule is CCNC1CCN(C(=O)CCc2ccccc2)CC1C. The lowest BCUT2D eigenvalue weighted by molar-refractivity contribution is -0.133. The fourth-order valence-electron chi connectivity index (χ4n) is 2.99. The first-order chi connectivity index (χ1) is 9.70. The van der Waals surface area contributed by atoms with Crippen LogP contribution in [-0.2, 0) is 11.2 Å². The summed E-state index contributed by atoms with van der Waals surface area (Å²) in [7, 11) is 0. The molecule has 1 aromatic rings. The van der Waals surface area contributed by atoms with Crippen molar-refractivity contribution in [1.82, 2.24) is 10.2 Å². The minimum atomic E-state index is 0.302. The number of benzene rings is 1. The molecule has 2 atom stereocenters. The number of likely N-dealkylation sites (tertiary alicyclic amines) is 1. The third kappa shape index (κ3) is 4.07. The van der Waals surface area contributed by atoms with Gasteiger partial charge in [-0.2, -0.15) is 0 Å². The quantitative estimate of drug-likeness (QED) is 0.894. The van der Waals surface area contributed by atoms with Gasteiger partial charge in [0.1, 0.15) is 0 Å². The minimum Gasteiger partial charge on any atom is -0.342 e. The topological polar surface area (TPSA) is 32.3 Å². The van der Waals surface area contributed by atoms with Crippen molar-refractivity contribution in [1.29, 1.82) is 0 Å². The number of nitrogens with zero attached hydrogens (tertiary/aromatic N) is 1. The van der Waals surface area contributed by atoms with Crippen LogP contribution in [0.5, 0.6) is 0 Å². The Hall–Kier alpha value is -1.35. The van der Waals surface area contributed by atoms with Gasteiger partial charge in [-0.25, -0.2) is 0 Å². The minimum absolute atomic E-state index is 0.302. The summed E-state index contributed by atoms with van der Waals surface area (Å²) in [6.07, 6.45) is 2.55. The highest BCUT2D eigenvalue weighted by Crippen LogP contribution is 2.18. The van der Waals surface area contributed by atoms with E-state index in [2.05, 4.69) is 31.3 Å². The van der Waals surface area contributed by atoms with E-state index in [-0.39, 0.29) is 0 Å². The highest BCUT2D eigenvalue weighted by atomic mass is 16.2. The molecule has 1 aliphatic heterocycles. The van der Waals surface area contributed by atoms with Gasteiger partial charge in [-0.05, 0) is 30.9 Å². The van der Waals surface area contributed by atoms with Gasteiger partial charge < -0.3 is 10.2 Å². The first-order valence-corrected chi connectivity index (χ1v) is 7.75. The van der Waals surface area contributed by atoms with Gasteiger partial charge in [0.2, 0.25) is 5.91 Å². The van der Waals surface area contributed by atoms with Crippen molar-refractivity contribution in [3.8, 4) is 0 Å². The second-order valence-corrected chi connectivity index (χ2v) is 5.76. The van der Waals surface area contributed by atoms with E-state index in [1.807, 2.05) is 23.1 Å². The Morgan fingerprint density at radius 3 is 2.75 bits per heavy atom. The molecule has 1 amide bonds. The lowest BCUT2D eigenvalue weighted by atomic mass is 9.93. The number of hydrogen-bond donors (Lipinski definition) is 1. The zero-order valence-corrected chi connectivity index (χ0v) is 12.6. The molecule has 2 unspecified atom stereocenters. The summed E-state index contributed by atoms with van der Waals surface area (Å²) < 4.78 is 0. The monoisotopic (exact) mass is 274 g/mol. The van der Waals surface area contributed by atoms with Crippen molar-refractivity contribution in [2.75, 3.05) is 19.6 Å². The standard InChI is InChI=1S/C17H26N2O/c1-3-18-16-11-12-19(13-14(16)2)17(20)10-9-15-7-5-4-6-8-15/h4-8,14,16,18H,3,9-13H2,1-2H3. The second kappa shape index (κ2) is 7.44. The van der Waals surface area contributed by atoms with Gasteiger partial charge >= 0.3 is 0 Å². The number of rotatable bonds is 5. The summed E-state index contributed by atoms with van der Waals surface area (Å²) in [5, 5.41) is 3.51. The van der Waals surface area contributed by atoms with E-state index in [9.17, 15) is 4.79 Å². The number of aryl methyl sites for hydroxylation is 1. The molecule has 1 aliphatic rings. The number of hydrogen-bond acceptors (Lipinski definition) is 2. The number of piperidine rings is 1. The molecule has 0 saturated carbocycles. The van der Waals surface area contributed by atoms with Crippen molar-refractivity contribution in [3.05, 3.63) is 35.9 Å². The predicted molar refractivity (Wildman–Crippen MR) is 82.6 cm³/mol. The van der Waals surface area contributed by atoms with Gasteiger partial charge in [-0.15, -0.1) is 0 Å². The maximum Gasteiger partial charge on any atom is 0.222 e. The zero-order chi connectivity index (χ0) is 14.4. The first-order valence-electron chi connectivity index (χ1n) is 7.75. The van der Waals surface area contributed by atoms with E-state index < -0.39 is 0 Å². The molecule has 1 saturated heterocycles. The smallest absolute Gasteiger partial charge is 0.222 e. The molecule has 0 bridgehead atoms. The number of carbonyl (C=O) groups excluding carboxylic acids is 1. The van der Waals surface area contributed by atoms with Gasteiger partial charge in [-0.1, -0.05) is 44.2 Å².